The number of furan rings is 1. The van der Waals surface area contributed by atoms with Gasteiger partial charge < -0.3 is 4.42 Å². The Kier molecular flexibility index (Phi) is 7.75. The molecule has 0 unspecified atom stereocenters. The van der Waals surface area contributed by atoms with Crippen LogP contribution in [0.3, 0.4) is 0 Å². The van der Waals surface area contributed by atoms with E-state index in [1.165, 1.54) is 132 Å². The molecule has 0 spiro atoms. The minimum absolute atomic E-state index is 0.918. The van der Waals surface area contributed by atoms with Gasteiger partial charge in [-0.1, -0.05) is 109 Å². The molecule has 0 saturated carbocycles. The fraction of sp³-hybridized carbons (Fsp3) is 0.138. The highest BCUT2D eigenvalue weighted by molar-refractivity contribution is 6.28. The van der Waals surface area contributed by atoms with E-state index in [1.807, 2.05) is 0 Å². The molecule has 0 saturated heterocycles. The lowest BCUT2D eigenvalue weighted by Crippen LogP contribution is -2.04. The van der Waals surface area contributed by atoms with Crippen molar-refractivity contribution in [2.45, 2.75) is 55.4 Å². The third kappa shape index (κ3) is 4.98. The van der Waals surface area contributed by atoms with Gasteiger partial charge in [0, 0.05) is 10.8 Å². The summed E-state index contributed by atoms with van der Waals surface area (Å²) in [5, 5.41) is 15.2. The maximum absolute atomic E-state index is 6.56. The third-order valence-corrected chi connectivity index (χ3v) is 14.3. The van der Waals surface area contributed by atoms with Crippen LogP contribution in [0.4, 0.5) is 0 Å². The number of rotatable bonds is 3. The molecule has 0 amide bonds. The van der Waals surface area contributed by atoms with E-state index in [0.717, 1.165) is 21.9 Å². The molecule has 0 aliphatic carbocycles. The van der Waals surface area contributed by atoms with E-state index in [1.54, 1.807) is 0 Å². The van der Waals surface area contributed by atoms with E-state index in [4.69, 9.17) is 4.42 Å². The van der Waals surface area contributed by atoms with Crippen LogP contribution in [-0.2, 0) is 0 Å². The van der Waals surface area contributed by atoms with Gasteiger partial charge in [-0.05, 0) is 211 Å². The van der Waals surface area contributed by atoms with Crippen LogP contribution in [0.25, 0.3) is 109 Å². The first-order valence-corrected chi connectivity index (χ1v) is 20.9. The number of aryl methyl sites for hydroxylation is 4. The van der Waals surface area contributed by atoms with Crippen LogP contribution in [0.1, 0.15) is 44.5 Å². The first-order valence-electron chi connectivity index (χ1n) is 20.9. The minimum atomic E-state index is 0.918. The highest BCUT2D eigenvalue weighted by Gasteiger charge is 2.27. The minimum Gasteiger partial charge on any atom is -0.456 e. The van der Waals surface area contributed by atoms with Gasteiger partial charge in [-0.15, -0.1) is 0 Å². The molecule has 0 aliphatic rings. The highest BCUT2D eigenvalue weighted by Crippen LogP contribution is 2.52. The van der Waals surface area contributed by atoms with Gasteiger partial charge in [-0.3, -0.25) is 0 Å². The van der Waals surface area contributed by atoms with Crippen LogP contribution in [0.2, 0.25) is 0 Å². The van der Waals surface area contributed by atoms with Gasteiger partial charge in [0.2, 0.25) is 0 Å². The van der Waals surface area contributed by atoms with E-state index in [0.29, 0.717) is 0 Å². The van der Waals surface area contributed by atoms with E-state index in [-0.39, 0.29) is 0 Å². The van der Waals surface area contributed by atoms with Crippen molar-refractivity contribution in [2.75, 3.05) is 0 Å². The van der Waals surface area contributed by atoms with Crippen LogP contribution in [0.15, 0.2) is 138 Å². The monoisotopic (exact) mass is 758 g/mol. The molecule has 0 radical (unpaired) electrons. The second-order valence-corrected chi connectivity index (χ2v) is 17.0. The maximum Gasteiger partial charge on any atom is 0.136 e. The van der Waals surface area contributed by atoms with Crippen molar-refractivity contribution in [3.63, 3.8) is 0 Å². The van der Waals surface area contributed by atoms with Crippen molar-refractivity contribution >= 4 is 75.8 Å². The molecule has 0 fully saturated rings. The van der Waals surface area contributed by atoms with Gasteiger partial charge in [0.1, 0.15) is 11.2 Å². The van der Waals surface area contributed by atoms with Crippen molar-refractivity contribution in [1.82, 2.24) is 0 Å². The van der Waals surface area contributed by atoms with Crippen LogP contribution in [0, 0.1) is 55.4 Å². The molecule has 1 nitrogen and oxygen atoms in total. The Bertz CT molecular complexity index is 3540. The largest absolute Gasteiger partial charge is 0.456 e. The Morgan fingerprint density at radius 3 is 1.37 bits per heavy atom. The lowest BCUT2D eigenvalue weighted by atomic mass is 9.76. The molecule has 59 heavy (non-hydrogen) atoms. The van der Waals surface area contributed by atoms with Crippen molar-refractivity contribution < 1.29 is 4.42 Å². The number of hydrogen-bond donors (Lipinski definition) is 0. The Morgan fingerprint density at radius 2 is 0.746 bits per heavy atom. The normalized spacial score (nSPS) is 12.1. The summed E-state index contributed by atoms with van der Waals surface area (Å²) in [4.78, 5) is 0. The van der Waals surface area contributed by atoms with Crippen LogP contribution < -0.4 is 0 Å². The van der Waals surface area contributed by atoms with Crippen LogP contribution >= 0.6 is 0 Å². The van der Waals surface area contributed by atoms with E-state index >= 15 is 0 Å². The predicted molar refractivity (Wildman–Crippen MR) is 255 cm³/mol. The molecule has 1 heterocycles. The van der Waals surface area contributed by atoms with Crippen molar-refractivity contribution in [2.24, 2.45) is 0 Å². The number of fused-ring (bicyclic) bond motifs is 8. The Hall–Kier alpha value is -6.70. The zero-order chi connectivity index (χ0) is 40.4. The van der Waals surface area contributed by atoms with Gasteiger partial charge in [-0.25, -0.2) is 0 Å². The zero-order valence-electron chi connectivity index (χ0n) is 35.1. The number of benzene rings is 10. The quantitative estimate of drug-likeness (QED) is 0.164. The summed E-state index contributed by atoms with van der Waals surface area (Å²) in [6.45, 7) is 18.7. The smallest absolute Gasteiger partial charge is 0.136 e. The topological polar surface area (TPSA) is 13.1 Å². The van der Waals surface area contributed by atoms with Crippen molar-refractivity contribution in [3.05, 3.63) is 178 Å². The van der Waals surface area contributed by atoms with Crippen LogP contribution in [0.5, 0.6) is 0 Å². The average molecular weight is 759 g/mol. The average Bonchev–Trinajstić information content (AvgIpc) is 3.62. The molecule has 1 heteroatoms. The summed E-state index contributed by atoms with van der Waals surface area (Å²) in [5.74, 6) is 0. The fourth-order valence-electron chi connectivity index (χ4n) is 10.5. The first kappa shape index (κ1) is 35.5. The van der Waals surface area contributed by atoms with Gasteiger partial charge in [0.25, 0.3) is 0 Å². The van der Waals surface area contributed by atoms with Crippen molar-refractivity contribution in [3.8, 4) is 33.4 Å². The summed E-state index contributed by atoms with van der Waals surface area (Å²) in [5.41, 5.74) is 20.4. The molecular formula is C58H46O. The predicted octanol–water partition coefficient (Wildman–Crippen LogP) is 16.8. The third-order valence-electron chi connectivity index (χ3n) is 14.3. The summed E-state index contributed by atoms with van der Waals surface area (Å²) in [6.07, 6.45) is 0. The molecule has 11 aromatic rings. The Morgan fingerprint density at radius 1 is 0.288 bits per heavy atom. The van der Waals surface area contributed by atoms with Gasteiger partial charge in [0.15, 0.2) is 0 Å². The van der Waals surface area contributed by atoms with Crippen molar-refractivity contribution in [1.29, 1.82) is 0 Å². The Balaban J connectivity index is 1.31. The lowest BCUT2D eigenvalue weighted by molar-refractivity contribution is 0.669. The SMILES string of the molecule is Cc1c(C)c(C)c2c(-c3ccc(-c4cccc5ccccc45)c4ccccc34)c3c(C)c(C)c(C)c(C)c3c(-c3ccc4oc5cc6ccccc6cc5c4c3)c2c1C. The van der Waals surface area contributed by atoms with Gasteiger partial charge in [-0.2, -0.15) is 0 Å². The van der Waals surface area contributed by atoms with Gasteiger partial charge in [0.05, 0.1) is 0 Å². The second-order valence-electron chi connectivity index (χ2n) is 17.0. The van der Waals surface area contributed by atoms with E-state index in [2.05, 4.69) is 189 Å². The molecule has 284 valence electrons. The van der Waals surface area contributed by atoms with Crippen LogP contribution in [-0.4, -0.2) is 0 Å². The summed E-state index contributed by atoms with van der Waals surface area (Å²) < 4.78 is 6.56. The fourth-order valence-corrected chi connectivity index (χ4v) is 10.5. The molecule has 11 rings (SSSR count). The van der Waals surface area contributed by atoms with Gasteiger partial charge >= 0.3 is 0 Å². The molecule has 0 atom stereocenters. The molecular weight excluding hydrogens is 713 g/mol. The molecule has 1 aromatic heterocycles. The highest BCUT2D eigenvalue weighted by atomic mass is 16.3. The second kappa shape index (κ2) is 12.9. The zero-order valence-corrected chi connectivity index (χ0v) is 35.1. The molecule has 0 bridgehead atoms. The van der Waals surface area contributed by atoms with E-state index in [9.17, 15) is 0 Å². The standard InChI is InChI=1S/C58H46O/c1-31-33(3)37(7)55-53(35(31)5)57(42-24-27-51-49(29-42)50-28-40-17-9-10-18-41(40)30-52(50)59-51)54-36(6)32(2)34(4)38(8)56(54)58(55)48-26-25-47(45-21-13-14-22-46(45)48)44-23-15-19-39-16-11-12-20-43(39)44/h9-30H,1-8H3. The number of hydrogen-bond acceptors (Lipinski definition) is 1. The summed E-state index contributed by atoms with van der Waals surface area (Å²) in [6, 6.07) is 49.3. The summed E-state index contributed by atoms with van der Waals surface area (Å²) >= 11 is 0. The molecule has 0 aliphatic heterocycles. The summed E-state index contributed by atoms with van der Waals surface area (Å²) in [7, 11) is 0. The van der Waals surface area contributed by atoms with E-state index < -0.39 is 0 Å². The maximum atomic E-state index is 6.56. The molecule has 0 N–H and O–H groups in total. The first-order chi connectivity index (χ1) is 28.6. The molecule has 10 aromatic carbocycles. The lowest BCUT2D eigenvalue weighted by Gasteiger charge is -2.27. The Labute approximate surface area is 345 Å².